The summed E-state index contributed by atoms with van der Waals surface area (Å²) in [6.07, 6.45) is 13.7. The van der Waals surface area contributed by atoms with Crippen LogP contribution >= 0.6 is 0 Å². The van der Waals surface area contributed by atoms with Crippen LogP contribution in [0.4, 0.5) is 11.9 Å². The van der Waals surface area contributed by atoms with Gasteiger partial charge in [0.25, 0.3) is 11.9 Å². The van der Waals surface area contributed by atoms with Crippen LogP contribution < -0.4 is 10.6 Å². The van der Waals surface area contributed by atoms with E-state index in [4.69, 9.17) is 0 Å². The summed E-state index contributed by atoms with van der Waals surface area (Å²) >= 11 is 0. The molecule has 8 bridgehead atoms. The SMILES string of the molecule is O=C(Nc1nnc(NC(=O)C23CC4CC(CC(C4)C2)C3)nn1)C12CC3CC(CC(C3)C1)C2. The number of aromatic nitrogens is 4. The normalized spacial score (nSPS) is 45.1. The predicted molar refractivity (Wildman–Crippen MR) is 116 cm³/mol. The summed E-state index contributed by atoms with van der Waals surface area (Å²) in [5, 5.41) is 22.1. The zero-order chi connectivity index (χ0) is 21.5. The molecule has 2 amide bonds. The number of hydrogen-bond acceptors (Lipinski definition) is 6. The molecule has 32 heavy (non-hydrogen) atoms. The first-order chi connectivity index (χ1) is 15.5. The summed E-state index contributed by atoms with van der Waals surface area (Å²) in [7, 11) is 0. The third kappa shape index (κ3) is 3.00. The second kappa shape index (κ2) is 6.70. The minimum atomic E-state index is -0.260. The number of carbonyl (C=O) groups is 2. The van der Waals surface area contributed by atoms with Crippen LogP contribution in [0.1, 0.15) is 77.0 Å². The Bertz CT molecular complexity index is 812. The van der Waals surface area contributed by atoms with Crippen LogP contribution in [-0.4, -0.2) is 32.2 Å². The Morgan fingerprint density at radius 3 is 1.03 bits per heavy atom. The minimum absolute atomic E-state index is 0.0329. The number of rotatable bonds is 4. The zero-order valence-electron chi connectivity index (χ0n) is 18.6. The van der Waals surface area contributed by atoms with Gasteiger partial charge in [0, 0.05) is 0 Å². The Hall–Kier alpha value is -2.12. The van der Waals surface area contributed by atoms with Crippen molar-refractivity contribution in [3.8, 4) is 0 Å². The minimum Gasteiger partial charge on any atom is -0.291 e. The topological polar surface area (TPSA) is 110 Å². The molecule has 0 spiro atoms. The molecule has 8 saturated carbocycles. The molecule has 8 aliphatic carbocycles. The highest BCUT2D eigenvalue weighted by Crippen LogP contribution is 2.61. The summed E-state index contributed by atoms with van der Waals surface area (Å²) in [6, 6.07) is 0. The van der Waals surface area contributed by atoms with Crippen LogP contribution in [0.25, 0.3) is 0 Å². The first-order valence-electron chi connectivity index (χ1n) is 12.7. The van der Waals surface area contributed by atoms with Gasteiger partial charge in [-0.1, -0.05) is 0 Å². The molecule has 2 N–H and O–H groups in total. The molecule has 0 radical (unpaired) electrons. The third-order valence-electron chi connectivity index (χ3n) is 9.97. The third-order valence-corrected chi connectivity index (χ3v) is 9.97. The molecule has 0 aromatic carbocycles. The van der Waals surface area contributed by atoms with E-state index in [0.717, 1.165) is 38.5 Å². The maximum absolute atomic E-state index is 13.2. The van der Waals surface area contributed by atoms with Crippen molar-refractivity contribution in [3.05, 3.63) is 0 Å². The van der Waals surface area contributed by atoms with Gasteiger partial charge in [-0.3, -0.25) is 20.2 Å². The van der Waals surface area contributed by atoms with Crippen LogP contribution in [0.5, 0.6) is 0 Å². The van der Waals surface area contributed by atoms with Crippen molar-refractivity contribution >= 4 is 23.7 Å². The van der Waals surface area contributed by atoms with Crippen molar-refractivity contribution in [2.24, 2.45) is 46.3 Å². The van der Waals surface area contributed by atoms with Gasteiger partial charge in [-0.25, -0.2) is 0 Å². The fourth-order valence-electron chi connectivity index (χ4n) is 9.58. The molecule has 0 unspecified atom stereocenters. The van der Waals surface area contributed by atoms with E-state index in [1.807, 2.05) is 0 Å². The highest BCUT2D eigenvalue weighted by atomic mass is 16.2. The smallest absolute Gasteiger partial charge is 0.268 e. The van der Waals surface area contributed by atoms with E-state index < -0.39 is 0 Å². The molecule has 8 aliphatic rings. The highest BCUT2D eigenvalue weighted by Gasteiger charge is 2.56. The summed E-state index contributed by atoms with van der Waals surface area (Å²) < 4.78 is 0. The molecule has 1 heterocycles. The fraction of sp³-hybridized carbons (Fsp3) is 0.833. The van der Waals surface area contributed by atoms with Gasteiger partial charge >= 0.3 is 0 Å². The van der Waals surface area contributed by atoms with Crippen LogP contribution in [0.2, 0.25) is 0 Å². The van der Waals surface area contributed by atoms with E-state index >= 15 is 0 Å². The van der Waals surface area contributed by atoms with Crippen molar-refractivity contribution in [1.29, 1.82) is 0 Å². The van der Waals surface area contributed by atoms with Gasteiger partial charge in [0.15, 0.2) is 0 Å². The van der Waals surface area contributed by atoms with Gasteiger partial charge in [-0.2, -0.15) is 0 Å². The summed E-state index contributed by atoms with van der Waals surface area (Å²) in [6.45, 7) is 0. The second-order valence-electron chi connectivity index (χ2n) is 12.4. The van der Waals surface area contributed by atoms with E-state index in [-0.39, 0.29) is 34.5 Å². The molecule has 8 heteroatoms. The molecule has 0 atom stereocenters. The van der Waals surface area contributed by atoms with Gasteiger partial charge in [0.1, 0.15) is 0 Å². The molecule has 170 valence electrons. The van der Waals surface area contributed by atoms with Gasteiger partial charge < -0.3 is 0 Å². The van der Waals surface area contributed by atoms with Crippen LogP contribution in [0.3, 0.4) is 0 Å². The molecule has 0 aliphatic heterocycles. The molecule has 8 fully saturated rings. The van der Waals surface area contributed by atoms with Gasteiger partial charge in [-0.15, -0.1) is 20.4 Å². The van der Waals surface area contributed by atoms with Crippen LogP contribution in [0, 0.1) is 46.3 Å². The molecular weight excluding hydrogens is 404 g/mol. The Morgan fingerprint density at radius 2 is 0.781 bits per heavy atom. The molecule has 8 nitrogen and oxygen atoms in total. The molecule has 1 aromatic heterocycles. The largest absolute Gasteiger partial charge is 0.291 e. The zero-order valence-corrected chi connectivity index (χ0v) is 18.6. The lowest BCUT2D eigenvalue weighted by Crippen LogP contribution is -2.52. The van der Waals surface area contributed by atoms with Gasteiger partial charge in [-0.05, 0) is 113 Å². The molecule has 9 rings (SSSR count). The standard InChI is InChI=1S/C24H32N6O2/c31-19(23-7-13-1-14(8-23)3-15(2-13)9-23)25-21-27-29-22(30-28-21)26-20(32)24-10-16-4-17(11-24)6-18(5-16)12-24/h13-18H,1-12H2,(H,25,27,28,31)(H,26,29,30,32). The van der Waals surface area contributed by atoms with Crippen LogP contribution in [-0.2, 0) is 9.59 Å². The average Bonchev–Trinajstić information content (AvgIpc) is 2.73. The lowest BCUT2D eigenvalue weighted by Gasteiger charge is -2.55. The van der Waals surface area contributed by atoms with E-state index in [0.29, 0.717) is 35.5 Å². The summed E-state index contributed by atoms with van der Waals surface area (Å²) in [5.74, 6) is 4.54. The Balaban J connectivity index is 1.02. The van der Waals surface area contributed by atoms with Crippen molar-refractivity contribution < 1.29 is 9.59 Å². The summed E-state index contributed by atoms with van der Waals surface area (Å²) in [5.41, 5.74) is -0.521. The second-order valence-corrected chi connectivity index (χ2v) is 12.4. The average molecular weight is 437 g/mol. The van der Waals surface area contributed by atoms with E-state index in [9.17, 15) is 9.59 Å². The first kappa shape index (κ1) is 19.4. The molecule has 0 saturated heterocycles. The number of anilines is 2. The summed E-state index contributed by atoms with van der Waals surface area (Å²) in [4.78, 5) is 26.3. The lowest BCUT2D eigenvalue weighted by molar-refractivity contribution is -0.141. The number of carbonyl (C=O) groups excluding carboxylic acids is 2. The predicted octanol–water partition coefficient (Wildman–Crippen LogP) is 3.58. The number of nitrogens with one attached hydrogen (secondary N) is 2. The van der Waals surface area contributed by atoms with Crippen molar-refractivity contribution in [2.75, 3.05) is 10.6 Å². The Morgan fingerprint density at radius 1 is 0.531 bits per heavy atom. The van der Waals surface area contributed by atoms with Gasteiger partial charge in [0.2, 0.25) is 11.8 Å². The number of hydrogen-bond donors (Lipinski definition) is 2. The van der Waals surface area contributed by atoms with Gasteiger partial charge in [0.05, 0.1) is 10.8 Å². The van der Waals surface area contributed by atoms with E-state index in [1.165, 1.54) is 38.5 Å². The van der Waals surface area contributed by atoms with Crippen molar-refractivity contribution in [2.45, 2.75) is 77.0 Å². The lowest BCUT2D eigenvalue weighted by atomic mass is 9.49. The molecule has 1 aromatic rings. The van der Waals surface area contributed by atoms with Crippen LogP contribution in [0.15, 0.2) is 0 Å². The van der Waals surface area contributed by atoms with E-state index in [1.54, 1.807) is 0 Å². The Kier molecular flexibility index (Phi) is 4.05. The number of nitrogens with zero attached hydrogens (tertiary/aromatic N) is 4. The maximum Gasteiger partial charge on any atom is 0.268 e. The van der Waals surface area contributed by atoms with Crippen molar-refractivity contribution in [1.82, 2.24) is 20.4 Å². The maximum atomic E-state index is 13.2. The van der Waals surface area contributed by atoms with E-state index in [2.05, 4.69) is 31.0 Å². The number of amides is 2. The quantitative estimate of drug-likeness (QED) is 0.747. The molecular formula is C24H32N6O2. The first-order valence-corrected chi connectivity index (χ1v) is 12.7. The monoisotopic (exact) mass is 436 g/mol. The fourth-order valence-corrected chi connectivity index (χ4v) is 9.58. The Labute approximate surface area is 188 Å². The van der Waals surface area contributed by atoms with Crippen molar-refractivity contribution in [3.63, 3.8) is 0 Å². The highest BCUT2D eigenvalue weighted by molar-refractivity contribution is 5.95.